The molecular weight excluding hydrogens is 299 g/mol. The summed E-state index contributed by atoms with van der Waals surface area (Å²) < 4.78 is 39.0. The lowest BCUT2D eigenvalue weighted by atomic mass is 10.3. The van der Waals surface area contributed by atoms with Gasteiger partial charge in [0.05, 0.1) is 17.9 Å². The lowest BCUT2D eigenvalue weighted by molar-refractivity contribution is 0.0572. The van der Waals surface area contributed by atoms with Crippen molar-refractivity contribution in [1.82, 2.24) is 4.31 Å². The van der Waals surface area contributed by atoms with Crippen molar-refractivity contribution in [3.63, 3.8) is 0 Å². The summed E-state index contributed by atoms with van der Waals surface area (Å²) in [6, 6.07) is 2.04. The van der Waals surface area contributed by atoms with Crippen LogP contribution in [-0.4, -0.2) is 48.2 Å². The first-order chi connectivity index (χ1) is 8.73. The van der Waals surface area contributed by atoms with Crippen LogP contribution in [0.25, 0.3) is 0 Å². The minimum Gasteiger partial charge on any atom is -0.396 e. The Hall–Kier alpha value is -0.930. The van der Waals surface area contributed by atoms with Crippen molar-refractivity contribution in [2.75, 3.05) is 18.8 Å². The van der Waals surface area contributed by atoms with Crippen LogP contribution in [-0.2, 0) is 10.0 Å². The second-order valence-electron chi connectivity index (χ2n) is 4.26. The van der Waals surface area contributed by atoms with Crippen molar-refractivity contribution in [3.05, 3.63) is 23.0 Å². The highest BCUT2D eigenvalue weighted by Crippen LogP contribution is 2.29. The summed E-state index contributed by atoms with van der Waals surface area (Å²) >= 11 is 5.66. The maximum Gasteiger partial charge on any atom is 0.246 e. The van der Waals surface area contributed by atoms with Crippen LogP contribution in [0.5, 0.6) is 0 Å². The molecule has 0 amide bonds. The SMILES string of the molecule is Nc1cc(Cl)cc(S(=O)(=O)N2CC(O)C(O)C2)c1F. The Balaban J connectivity index is 2.46. The van der Waals surface area contributed by atoms with Crippen LogP contribution >= 0.6 is 11.6 Å². The van der Waals surface area contributed by atoms with E-state index >= 15 is 0 Å². The second-order valence-corrected chi connectivity index (χ2v) is 6.61. The summed E-state index contributed by atoms with van der Waals surface area (Å²) in [5, 5.41) is 18.7. The Morgan fingerprint density at radius 3 is 2.37 bits per heavy atom. The number of aliphatic hydroxyl groups excluding tert-OH is 2. The molecule has 0 radical (unpaired) electrons. The van der Waals surface area contributed by atoms with Crippen LogP contribution in [0.2, 0.25) is 5.02 Å². The molecule has 0 bridgehead atoms. The molecule has 1 aromatic carbocycles. The molecule has 2 atom stereocenters. The summed E-state index contributed by atoms with van der Waals surface area (Å²) in [6.07, 6.45) is -2.40. The average molecular weight is 311 g/mol. The van der Waals surface area contributed by atoms with Crippen LogP contribution in [0.3, 0.4) is 0 Å². The molecule has 106 valence electrons. The summed E-state index contributed by atoms with van der Waals surface area (Å²) in [7, 11) is -4.21. The highest BCUT2D eigenvalue weighted by Gasteiger charge is 2.39. The Kier molecular flexibility index (Phi) is 3.72. The first-order valence-electron chi connectivity index (χ1n) is 5.34. The van der Waals surface area contributed by atoms with Crippen LogP contribution in [0, 0.1) is 5.82 Å². The molecule has 1 aromatic rings. The summed E-state index contributed by atoms with van der Waals surface area (Å²) in [6.45, 7) is -0.620. The number of nitrogens with zero attached hydrogens (tertiary/aromatic N) is 1. The van der Waals surface area contributed by atoms with Gasteiger partial charge in [-0.15, -0.1) is 0 Å². The van der Waals surface area contributed by atoms with E-state index in [1.54, 1.807) is 0 Å². The number of halogens is 2. The monoisotopic (exact) mass is 310 g/mol. The van der Waals surface area contributed by atoms with Gasteiger partial charge in [0, 0.05) is 18.1 Å². The number of benzene rings is 1. The zero-order chi connectivity index (χ0) is 14.4. The third-order valence-electron chi connectivity index (χ3n) is 2.88. The first-order valence-corrected chi connectivity index (χ1v) is 7.16. The van der Waals surface area contributed by atoms with Crippen molar-refractivity contribution in [2.24, 2.45) is 0 Å². The van der Waals surface area contributed by atoms with E-state index in [1.165, 1.54) is 0 Å². The maximum atomic E-state index is 13.8. The molecule has 1 fully saturated rings. The predicted octanol–water partition coefficient (Wildman–Crippen LogP) is -0.213. The van der Waals surface area contributed by atoms with Gasteiger partial charge < -0.3 is 15.9 Å². The van der Waals surface area contributed by atoms with E-state index in [9.17, 15) is 23.0 Å². The maximum absolute atomic E-state index is 13.8. The van der Waals surface area contributed by atoms with Gasteiger partial charge >= 0.3 is 0 Å². The largest absolute Gasteiger partial charge is 0.396 e. The molecular formula is C10H12ClFN2O4S. The molecule has 2 unspecified atom stereocenters. The molecule has 0 spiro atoms. The zero-order valence-corrected chi connectivity index (χ0v) is 11.2. The fourth-order valence-electron chi connectivity index (χ4n) is 1.84. The van der Waals surface area contributed by atoms with Crippen molar-refractivity contribution in [3.8, 4) is 0 Å². The Labute approximate surface area is 114 Å². The van der Waals surface area contributed by atoms with Crippen LogP contribution in [0.1, 0.15) is 0 Å². The normalized spacial score (nSPS) is 24.8. The molecule has 1 aliphatic rings. The minimum atomic E-state index is -4.21. The summed E-state index contributed by atoms with van der Waals surface area (Å²) in [5.74, 6) is -1.10. The topological polar surface area (TPSA) is 104 Å². The van der Waals surface area contributed by atoms with Crippen molar-refractivity contribution in [1.29, 1.82) is 0 Å². The number of hydrogen-bond donors (Lipinski definition) is 3. The van der Waals surface area contributed by atoms with Crippen LogP contribution < -0.4 is 5.73 Å². The fraction of sp³-hybridized carbons (Fsp3) is 0.400. The minimum absolute atomic E-state index is 0.0160. The van der Waals surface area contributed by atoms with Gasteiger partial charge in [0.25, 0.3) is 0 Å². The Morgan fingerprint density at radius 2 is 1.84 bits per heavy atom. The number of β-amino-alcohol motifs (C(OH)–C–C–N with tert-alkyl or cyclic N) is 2. The Bertz CT molecular complexity index is 600. The van der Waals surface area contributed by atoms with E-state index < -0.39 is 32.9 Å². The zero-order valence-electron chi connectivity index (χ0n) is 9.62. The molecule has 0 aromatic heterocycles. The van der Waals surface area contributed by atoms with Crippen LogP contribution in [0.15, 0.2) is 17.0 Å². The molecule has 2 rings (SSSR count). The third-order valence-corrected chi connectivity index (χ3v) is 4.92. The number of rotatable bonds is 2. The molecule has 1 aliphatic heterocycles. The van der Waals surface area contributed by atoms with Gasteiger partial charge in [-0.3, -0.25) is 0 Å². The lowest BCUT2D eigenvalue weighted by Gasteiger charge is -2.16. The van der Waals surface area contributed by atoms with Gasteiger partial charge in [0.1, 0.15) is 4.90 Å². The Morgan fingerprint density at radius 1 is 1.32 bits per heavy atom. The quantitative estimate of drug-likeness (QED) is 0.656. The van der Waals surface area contributed by atoms with Gasteiger partial charge in [-0.25, -0.2) is 12.8 Å². The fourth-order valence-corrected chi connectivity index (χ4v) is 3.73. The van der Waals surface area contributed by atoms with E-state index in [0.717, 1.165) is 16.4 Å². The van der Waals surface area contributed by atoms with Gasteiger partial charge in [0.15, 0.2) is 5.82 Å². The standard InChI is InChI=1S/C10H12ClFN2O4S/c11-5-1-6(13)10(12)9(2-5)19(17,18)14-3-7(15)8(16)4-14/h1-2,7-8,15-16H,3-4,13H2. The molecule has 1 heterocycles. The van der Waals surface area contributed by atoms with E-state index in [1.807, 2.05) is 0 Å². The molecule has 4 N–H and O–H groups in total. The molecule has 1 saturated heterocycles. The molecule has 0 aliphatic carbocycles. The smallest absolute Gasteiger partial charge is 0.246 e. The number of aliphatic hydroxyl groups is 2. The molecule has 19 heavy (non-hydrogen) atoms. The van der Waals surface area contributed by atoms with Gasteiger partial charge in [0.2, 0.25) is 10.0 Å². The van der Waals surface area contributed by atoms with Gasteiger partial charge in [-0.05, 0) is 12.1 Å². The summed E-state index contributed by atoms with van der Waals surface area (Å²) in [4.78, 5) is -0.668. The molecule has 0 saturated carbocycles. The average Bonchev–Trinajstić information content (AvgIpc) is 2.65. The van der Waals surface area contributed by atoms with E-state index in [4.69, 9.17) is 17.3 Å². The van der Waals surface area contributed by atoms with Crippen molar-refractivity contribution in [2.45, 2.75) is 17.1 Å². The number of nitrogens with two attached hydrogens (primary N) is 1. The number of anilines is 1. The van der Waals surface area contributed by atoms with Crippen molar-refractivity contribution < 1.29 is 23.0 Å². The predicted molar refractivity (Wildman–Crippen MR) is 66.6 cm³/mol. The first kappa shape index (κ1) is 14.5. The van der Waals surface area contributed by atoms with Gasteiger partial charge in [-0.1, -0.05) is 11.6 Å². The lowest BCUT2D eigenvalue weighted by Crippen LogP contribution is -2.30. The van der Waals surface area contributed by atoms with Crippen LogP contribution in [0.4, 0.5) is 10.1 Å². The number of sulfonamides is 1. The van der Waals surface area contributed by atoms with E-state index in [-0.39, 0.29) is 23.8 Å². The summed E-state index contributed by atoms with van der Waals surface area (Å²) in [5.41, 5.74) is 4.95. The third kappa shape index (κ3) is 2.54. The highest BCUT2D eigenvalue weighted by atomic mass is 35.5. The number of hydrogen-bond acceptors (Lipinski definition) is 5. The molecule has 6 nitrogen and oxygen atoms in total. The van der Waals surface area contributed by atoms with Crippen molar-refractivity contribution >= 4 is 27.3 Å². The van der Waals surface area contributed by atoms with E-state index in [2.05, 4.69) is 0 Å². The second kappa shape index (κ2) is 4.88. The number of nitrogen functional groups attached to an aromatic ring is 1. The highest BCUT2D eigenvalue weighted by molar-refractivity contribution is 7.89. The van der Waals surface area contributed by atoms with Gasteiger partial charge in [-0.2, -0.15) is 4.31 Å². The van der Waals surface area contributed by atoms with E-state index in [0.29, 0.717) is 0 Å². The molecule has 9 heteroatoms.